The van der Waals surface area contributed by atoms with Crippen LogP contribution >= 0.6 is 11.3 Å². The number of aromatic nitrogens is 3. The van der Waals surface area contributed by atoms with Crippen LogP contribution in [0.1, 0.15) is 12.3 Å². The van der Waals surface area contributed by atoms with E-state index in [4.69, 9.17) is 27.6 Å². The lowest BCUT2D eigenvalue weighted by atomic mass is 9.99. The van der Waals surface area contributed by atoms with Crippen LogP contribution in [0.2, 0.25) is 0 Å². The van der Waals surface area contributed by atoms with E-state index >= 15 is 0 Å². The van der Waals surface area contributed by atoms with Crippen LogP contribution in [-0.2, 0) is 0 Å². The molecule has 54 heavy (non-hydrogen) atoms. The number of benzene rings is 8. The highest BCUT2D eigenvalue weighted by atomic mass is 32.1. The molecule has 11 aromatic rings. The Balaban J connectivity index is 1.17. The predicted molar refractivity (Wildman–Crippen MR) is 225 cm³/mol. The summed E-state index contributed by atoms with van der Waals surface area (Å²) in [6, 6.07) is 35.8. The smallest absolute Gasteiger partial charge is 0.164 e. The summed E-state index contributed by atoms with van der Waals surface area (Å²) in [5, 5.41) is 1.97. The number of furan rings is 1. The molecule has 0 radical (unpaired) electrons. The fourth-order valence-corrected chi connectivity index (χ4v) is 8.13. The highest BCUT2D eigenvalue weighted by Crippen LogP contribution is 2.41. The van der Waals surface area contributed by atoms with Crippen LogP contribution in [0.4, 0.5) is 0 Å². The van der Waals surface area contributed by atoms with E-state index in [9.17, 15) is 4.11 Å². The third kappa shape index (κ3) is 5.09. The molecule has 0 fully saturated rings. The summed E-state index contributed by atoms with van der Waals surface area (Å²) in [5.74, 6) is 0.422. The van der Waals surface area contributed by atoms with Crippen molar-refractivity contribution in [1.29, 1.82) is 0 Å². The maximum Gasteiger partial charge on any atom is 0.164 e. The molecule has 0 saturated heterocycles. The van der Waals surface area contributed by atoms with Gasteiger partial charge in [0.1, 0.15) is 11.2 Å². The maximum atomic E-state index is 9.71. The Labute approximate surface area is 327 Å². The van der Waals surface area contributed by atoms with Gasteiger partial charge in [0.25, 0.3) is 0 Å². The quantitative estimate of drug-likeness (QED) is 0.178. The van der Waals surface area contributed by atoms with Crippen molar-refractivity contribution in [2.45, 2.75) is 0 Å². The minimum atomic E-state index is -0.522. The van der Waals surface area contributed by atoms with Crippen molar-refractivity contribution in [1.82, 2.24) is 15.0 Å². The van der Waals surface area contributed by atoms with Gasteiger partial charge in [0.05, 0.1) is 12.3 Å². The van der Waals surface area contributed by atoms with Crippen LogP contribution in [0, 0.1) is 0 Å². The van der Waals surface area contributed by atoms with Gasteiger partial charge in [-0.2, -0.15) is 0 Å². The fraction of sp³-hybridized carbons (Fsp3) is 0. The number of rotatable bonds is 5. The zero-order valence-electron chi connectivity index (χ0n) is 37.2. The number of hydrogen-bond acceptors (Lipinski definition) is 5. The predicted octanol–water partition coefficient (Wildman–Crippen LogP) is 13.6. The van der Waals surface area contributed by atoms with Gasteiger partial charge in [-0.3, -0.25) is 0 Å². The van der Waals surface area contributed by atoms with Crippen molar-refractivity contribution in [3.8, 4) is 56.4 Å². The Morgan fingerprint density at radius 1 is 0.463 bits per heavy atom. The number of nitrogens with zero attached hydrogens (tertiary/aromatic N) is 3. The van der Waals surface area contributed by atoms with Gasteiger partial charge < -0.3 is 4.42 Å². The molecule has 3 aromatic heterocycles. The molecule has 0 saturated carbocycles. The second kappa shape index (κ2) is 12.3. The summed E-state index contributed by atoms with van der Waals surface area (Å²) in [6.07, 6.45) is 0. The van der Waals surface area contributed by atoms with Gasteiger partial charge in [0, 0.05) is 47.6 Å². The zero-order chi connectivity index (χ0) is 43.4. The second-order valence-electron chi connectivity index (χ2n) is 12.9. The molecular weight excluding hydrogens is 679 g/mol. The van der Waals surface area contributed by atoms with Gasteiger partial charge in [0.15, 0.2) is 17.5 Å². The van der Waals surface area contributed by atoms with Crippen molar-refractivity contribution >= 4 is 64.2 Å². The van der Waals surface area contributed by atoms with Crippen molar-refractivity contribution in [3.05, 3.63) is 176 Å². The Morgan fingerprint density at radius 2 is 1.17 bits per heavy atom. The third-order valence-corrected chi connectivity index (χ3v) is 10.7. The van der Waals surface area contributed by atoms with E-state index in [1.165, 1.54) is 0 Å². The van der Waals surface area contributed by atoms with Gasteiger partial charge in [-0.05, 0) is 75.4 Å². The Kier molecular flexibility index (Phi) is 5.22. The van der Waals surface area contributed by atoms with Crippen molar-refractivity contribution in [2.24, 2.45) is 0 Å². The molecular formula is C49H29N3OS. The maximum absolute atomic E-state index is 9.71. The first-order valence-corrected chi connectivity index (χ1v) is 18.1. The molecule has 0 spiro atoms. The van der Waals surface area contributed by atoms with Crippen LogP contribution < -0.4 is 0 Å². The van der Waals surface area contributed by atoms with Crippen molar-refractivity contribution in [2.75, 3.05) is 0 Å². The first-order chi connectivity index (χ1) is 30.5. The van der Waals surface area contributed by atoms with E-state index in [2.05, 4.69) is 18.2 Å². The molecule has 8 aromatic carbocycles. The van der Waals surface area contributed by atoms with Crippen molar-refractivity contribution in [3.63, 3.8) is 0 Å². The molecule has 0 N–H and O–H groups in total. The summed E-state index contributed by atoms with van der Waals surface area (Å²) in [6.45, 7) is 0. The molecule has 0 aliphatic carbocycles. The monoisotopic (exact) mass is 716 g/mol. The van der Waals surface area contributed by atoms with Crippen LogP contribution in [0.25, 0.3) is 109 Å². The molecule has 0 bridgehead atoms. The van der Waals surface area contributed by atoms with Gasteiger partial charge in [0.2, 0.25) is 0 Å². The summed E-state index contributed by atoms with van der Waals surface area (Å²) in [5.41, 5.74) is 6.40. The first kappa shape index (κ1) is 22.9. The topological polar surface area (TPSA) is 51.8 Å². The van der Waals surface area contributed by atoms with E-state index in [0.717, 1.165) is 44.4 Å². The van der Waals surface area contributed by atoms with Crippen LogP contribution in [0.3, 0.4) is 0 Å². The van der Waals surface area contributed by atoms with Crippen LogP contribution in [0.5, 0.6) is 0 Å². The average Bonchev–Trinajstić information content (AvgIpc) is 3.91. The number of thiophene rings is 1. The number of fused-ring (bicyclic) bond motifs is 8. The zero-order valence-corrected chi connectivity index (χ0v) is 29.0. The standard InChI is InChI=1S/C49H29N3OS/c1-3-11-30(12-4-1)33-16-9-17-34(27-33)47-50-48(35-23-26-44-41(28-35)39-24-21-32-15-7-8-18-38(32)46(39)54-44)52-49(51-47)36-22-25-40-43(29-36)53-42-20-10-19-37(45(40)42)31-13-5-2-6-14-31/h1-29H/i7D,8D,15D,18D,21D,23D,24D,26D,28D. The van der Waals surface area contributed by atoms with Gasteiger partial charge >= 0.3 is 0 Å². The molecule has 0 atom stereocenters. The van der Waals surface area contributed by atoms with Crippen LogP contribution in [-0.4, -0.2) is 15.0 Å². The molecule has 0 aliphatic rings. The molecule has 0 amide bonds. The van der Waals surface area contributed by atoms with Gasteiger partial charge in [-0.1, -0.05) is 133 Å². The highest BCUT2D eigenvalue weighted by molar-refractivity contribution is 7.26. The molecule has 0 unspecified atom stereocenters. The van der Waals surface area contributed by atoms with Gasteiger partial charge in [-0.15, -0.1) is 11.3 Å². The number of hydrogen-bond donors (Lipinski definition) is 0. The lowest BCUT2D eigenvalue weighted by molar-refractivity contribution is 0.669. The highest BCUT2D eigenvalue weighted by Gasteiger charge is 2.18. The summed E-state index contributed by atoms with van der Waals surface area (Å²) in [4.78, 5) is 14.8. The summed E-state index contributed by atoms with van der Waals surface area (Å²) in [7, 11) is 0. The summed E-state index contributed by atoms with van der Waals surface area (Å²) < 4.78 is 87.3. The average molecular weight is 717 g/mol. The van der Waals surface area contributed by atoms with Crippen molar-refractivity contribution < 1.29 is 16.8 Å². The van der Waals surface area contributed by atoms with E-state index in [-0.39, 0.29) is 84.2 Å². The Morgan fingerprint density at radius 3 is 2.00 bits per heavy atom. The molecule has 5 heteroatoms. The minimum absolute atomic E-state index is 0.0324. The summed E-state index contributed by atoms with van der Waals surface area (Å²) >= 11 is 0.970. The van der Waals surface area contributed by atoms with E-state index in [1.54, 1.807) is 0 Å². The second-order valence-corrected chi connectivity index (χ2v) is 13.9. The molecule has 11 rings (SSSR count). The van der Waals surface area contributed by atoms with E-state index < -0.39 is 24.2 Å². The Hall–Kier alpha value is -6.95. The SMILES string of the molecule is [2H]c1c(-c2nc(-c3cccc(-c4ccccc4)c3)nc(-c3ccc4c(c3)oc3cccc(-c5ccccc5)c34)n2)c([2H])c2c(sc3c4c([2H])c([2H])c([2H])c([2H])c4c([2H])c([2H])c32)c1[2H]. The fourth-order valence-electron chi connectivity index (χ4n) is 7.06. The largest absolute Gasteiger partial charge is 0.456 e. The molecule has 252 valence electrons. The van der Waals surface area contributed by atoms with E-state index in [1.807, 2.05) is 103 Å². The Bertz CT molecular complexity index is 3740. The van der Waals surface area contributed by atoms with Gasteiger partial charge in [-0.25, -0.2) is 15.0 Å². The lowest BCUT2D eigenvalue weighted by Crippen LogP contribution is -2.00. The third-order valence-electron chi connectivity index (χ3n) is 9.61. The minimum Gasteiger partial charge on any atom is -0.456 e. The molecule has 3 heterocycles. The normalized spacial score (nSPS) is 14.0. The first-order valence-electron chi connectivity index (χ1n) is 21.8. The lowest BCUT2D eigenvalue weighted by Gasteiger charge is -2.10. The van der Waals surface area contributed by atoms with Crippen LogP contribution in [0.15, 0.2) is 180 Å². The molecule has 0 aliphatic heterocycles. The molecule has 4 nitrogen and oxygen atoms in total. The van der Waals surface area contributed by atoms with E-state index in [0.29, 0.717) is 22.3 Å².